The van der Waals surface area contributed by atoms with E-state index in [0.717, 1.165) is 13.0 Å². The molecule has 0 aromatic carbocycles. The maximum atomic E-state index is 8.20. The smallest absolute Gasteiger partial charge is 0.183 e. The standard InChI is InChI=1S/C7H15NOSi/c1-10(2,3)9-7-5-4-6-8/h4-5,7H2,1-3H3. The van der Waals surface area contributed by atoms with E-state index in [1.54, 1.807) is 0 Å². The van der Waals surface area contributed by atoms with E-state index >= 15 is 0 Å². The average molecular weight is 157 g/mol. The van der Waals surface area contributed by atoms with Crippen LogP contribution in [-0.4, -0.2) is 14.9 Å². The van der Waals surface area contributed by atoms with Crippen molar-refractivity contribution >= 4 is 8.32 Å². The monoisotopic (exact) mass is 157 g/mol. The van der Waals surface area contributed by atoms with Gasteiger partial charge in [-0.15, -0.1) is 0 Å². The summed E-state index contributed by atoms with van der Waals surface area (Å²) in [6, 6.07) is 2.09. The molecule has 58 valence electrons. The molecule has 0 aliphatic rings. The third-order valence-electron chi connectivity index (χ3n) is 0.968. The highest BCUT2D eigenvalue weighted by Crippen LogP contribution is 2.03. The Morgan fingerprint density at radius 2 is 2.00 bits per heavy atom. The second-order valence-electron chi connectivity index (χ2n) is 3.22. The summed E-state index contributed by atoms with van der Waals surface area (Å²) in [5.74, 6) is 0. The molecule has 0 rings (SSSR count). The Balaban J connectivity index is 3.14. The van der Waals surface area contributed by atoms with Gasteiger partial charge in [0.25, 0.3) is 0 Å². The van der Waals surface area contributed by atoms with Crippen molar-refractivity contribution in [3.8, 4) is 6.07 Å². The Kier molecular flexibility index (Phi) is 4.33. The number of nitriles is 1. The van der Waals surface area contributed by atoms with Crippen LogP contribution in [0.25, 0.3) is 0 Å². The lowest BCUT2D eigenvalue weighted by atomic mass is 10.4. The molecule has 2 nitrogen and oxygen atoms in total. The quantitative estimate of drug-likeness (QED) is 0.462. The van der Waals surface area contributed by atoms with Gasteiger partial charge in [0.05, 0.1) is 6.07 Å². The van der Waals surface area contributed by atoms with Gasteiger partial charge in [-0.3, -0.25) is 0 Å². The Morgan fingerprint density at radius 1 is 1.40 bits per heavy atom. The van der Waals surface area contributed by atoms with E-state index in [4.69, 9.17) is 9.69 Å². The van der Waals surface area contributed by atoms with Crippen molar-refractivity contribution in [2.45, 2.75) is 32.5 Å². The summed E-state index contributed by atoms with van der Waals surface area (Å²) >= 11 is 0. The van der Waals surface area contributed by atoms with Crippen molar-refractivity contribution in [3.63, 3.8) is 0 Å². The minimum atomic E-state index is -1.32. The van der Waals surface area contributed by atoms with Crippen LogP contribution in [0.1, 0.15) is 12.8 Å². The second kappa shape index (κ2) is 4.48. The van der Waals surface area contributed by atoms with Crippen molar-refractivity contribution < 1.29 is 4.43 Å². The molecule has 0 unspecified atom stereocenters. The molecule has 0 aromatic heterocycles. The van der Waals surface area contributed by atoms with Crippen LogP contribution in [-0.2, 0) is 4.43 Å². The van der Waals surface area contributed by atoms with Gasteiger partial charge in [0.15, 0.2) is 8.32 Å². The molecule has 0 heterocycles. The maximum Gasteiger partial charge on any atom is 0.183 e. The zero-order valence-corrected chi connectivity index (χ0v) is 7.98. The molecule has 0 atom stereocenters. The zero-order chi connectivity index (χ0) is 8.04. The van der Waals surface area contributed by atoms with Crippen molar-refractivity contribution in [1.29, 1.82) is 5.26 Å². The van der Waals surface area contributed by atoms with Crippen LogP contribution >= 0.6 is 0 Å². The summed E-state index contributed by atoms with van der Waals surface area (Å²) < 4.78 is 5.52. The third-order valence-corrected chi connectivity index (χ3v) is 2.04. The molecular weight excluding hydrogens is 142 g/mol. The van der Waals surface area contributed by atoms with E-state index in [1.165, 1.54) is 0 Å². The number of unbranched alkanes of at least 4 members (excludes halogenated alkanes) is 1. The van der Waals surface area contributed by atoms with Crippen LogP contribution in [0.3, 0.4) is 0 Å². The molecule has 0 saturated heterocycles. The number of hydrogen-bond acceptors (Lipinski definition) is 2. The fourth-order valence-corrected chi connectivity index (χ4v) is 1.29. The van der Waals surface area contributed by atoms with Gasteiger partial charge in [0.1, 0.15) is 0 Å². The highest BCUT2D eigenvalue weighted by molar-refractivity contribution is 6.69. The molecule has 0 radical (unpaired) electrons. The van der Waals surface area contributed by atoms with E-state index in [1.807, 2.05) is 0 Å². The van der Waals surface area contributed by atoms with Gasteiger partial charge >= 0.3 is 0 Å². The van der Waals surface area contributed by atoms with Crippen LogP contribution < -0.4 is 0 Å². The SMILES string of the molecule is C[Si](C)(C)OCCCC#N. The summed E-state index contributed by atoms with van der Waals surface area (Å²) in [5.41, 5.74) is 0. The molecule has 0 saturated carbocycles. The first-order chi connectivity index (χ1) is 4.56. The molecule has 0 aliphatic carbocycles. The van der Waals surface area contributed by atoms with Gasteiger partial charge in [-0.05, 0) is 26.1 Å². The van der Waals surface area contributed by atoms with E-state index in [-0.39, 0.29) is 0 Å². The van der Waals surface area contributed by atoms with E-state index in [2.05, 4.69) is 25.7 Å². The third kappa shape index (κ3) is 7.67. The van der Waals surface area contributed by atoms with E-state index in [0.29, 0.717) is 6.42 Å². The summed E-state index contributed by atoms with van der Waals surface area (Å²) in [5, 5.41) is 8.20. The summed E-state index contributed by atoms with van der Waals surface area (Å²) in [6.07, 6.45) is 1.49. The number of nitrogens with zero attached hydrogens (tertiary/aromatic N) is 1. The fourth-order valence-electron chi connectivity index (χ4n) is 0.530. The van der Waals surface area contributed by atoms with Crippen molar-refractivity contribution in [1.82, 2.24) is 0 Å². The van der Waals surface area contributed by atoms with E-state index < -0.39 is 8.32 Å². The van der Waals surface area contributed by atoms with Gasteiger partial charge < -0.3 is 4.43 Å². The van der Waals surface area contributed by atoms with Crippen LogP contribution in [0, 0.1) is 11.3 Å². The van der Waals surface area contributed by atoms with Crippen molar-refractivity contribution in [2.24, 2.45) is 0 Å². The number of hydrogen-bond donors (Lipinski definition) is 0. The normalized spacial score (nSPS) is 11.0. The summed E-state index contributed by atoms with van der Waals surface area (Å²) in [4.78, 5) is 0. The molecule has 0 fully saturated rings. The topological polar surface area (TPSA) is 33.0 Å². The minimum Gasteiger partial charge on any atom is -0.418 e. The Labute approximate surface area is 63.9 Å². The molecule has 0 aliphatic heterocycles. The van der Waals surface area contributed by atoms with Crippen molar-refractivity contribution in [2.75, 3.05) is 6.61 Å². The van der Waals surface area contributed by atoms with Crippen LogP contribution in [0.4, 0.5) is 0 Å². The lowest BCUT2D eigenvalue weighted by molar-refractivity contribution is 0.306. The Morgan fingerprint density at radius 3 is 2.40 bits per heavy atom. The second-order valence-corrected chi connectivity index (χ2v) is 7.74. The van der Waals surface area contributed by atoms with E-state index in [9.17, 15) is 0 Å². The minimum absolute atomic E-state index is 0.616. The first-order valence-corrected chi connectivity index (χ1v) is 6.98. The van der Waals surface area contributed by atoms with Gasteiger partial charge in [0.2, 0.25) is 0 Å². The molecular formula is C7H15NOSi. The molecule has 0 spiro atoms. The highest BCUT2D eigenvalue weighted by atomic mass is 28.4. The Hall–Kier alpha value is -0.333. The summed E-state index contributed by atoms with van der Waals surface area (Å²) in [6.45, 7) is 7.21. The maximum absolute atomic E-state index is 8.20. The predicted octanol–water partition coefficient (Wildman–Crippen LogP) is 2.14. The van der Waals surface area contributed by atoms with Gasteiger partial charge in [0, 0.05) is 13.0 Å². The highest BCUT2D eigenvalue weighted by Gasteiger charge is 2.12. The average Bonchev–Trinajstić information content (AvgIpc) is 1.78. The Bertz CT molecular complexity index is 123. The zero-order valence-electron chi connectivity index (χ0n) is 6.98. The van der Waals surface area contributed by atoms with Gasteiger partial charge in [-0.25, -0.2) is 0 Å². The first-order valence-electron chi connectivity index (χ1n) is 3.57. The number of rotatable bonds is 4. The lowest BCUT2D eigenvalue weighted by Gasteiger charge is -2.15. The predicted molar refractivity (Wildman–Crippen MR) is 44.1 cm³/mol. The molecule has 0 amide bonds. The molecule has 0 bridgehead atoms. The van der Waals surface area contributed by atoms with Gasteiger partial charge in [-0.2, -0.15) is 5.26 Å². The van der Waals surface area contributed by atoms with Gasteiger partial charge in [-0.1, -0.05) is 0 Å². The molecule has 0 N–H and O–H groups in total. The van der Waals surface area contributed by atoms with Crippen LogP contribution in [0.15, 0.2) is 0 Å². The largest absolute Gasteiger partial charge is 0.418 e. The van der Waals surface area contributed by atoms with Crippen LogP contribution in [0.5, 0.6) is 0 Å². The van der Waals surface area contributed by atoms with Crippen LogP contribution in [0.2, 0.25) is 19.6 Å². The molecule has 0 aromatic rings. The van der Waals surface area contributed by atoms with Crippen molar-refractivity contribution in [3.05, 3.63) is 0 Å². The molecule has 3 heteroatoms. The fraction of sp³-hybridized carbons (Fsp3) is 0.857. The molecule has 10 heavy (non-hydrogen) atoms. The lowest BCUT2D eigenvalue weighted by Crippen LogP contribution is -2.25. The summed E-state index contributed by atoms with van der Waals surface area (Å²) in [7, 11) is -1.32. The first kappa shape index (κ1) is 9.67.